The molecule has 1 aromatic rings. The first-order valence-electron chi connectivity index (χ1n) is 10.7. The van der Waals surface area contributed by atoms with Crippen LogP contribution in [0.1, 0.15) is 47.1 Å². The van der Waals surface area contributed by atoms with E-state index in [0.29, 0.717) is 0 Å². The van der Waals surface area contributed by atoms with Crippen LogP contribution in [0.5, 0.6) is 0 Å². The van der Waals surface area contributed by atoms with E-state index in [2.05, 4.69) is 26.6 Å². The molecule has 0 fully saturated rings. The Bertz CT molecular complexity index is 782. The SMILES string of the molecule is CC(C)(C)NCC(=O)NCC(=O)N[C@@H](Cc1ccccc1)C(=O)NCC(=O)NC(C)(C)C. The van der Waals surface area contributed by atoms with Crippen LogP contribution < -0.4 is 26.6 Å². The predicted molar refractivity (Wildman–Crippen MR) is 124 cm³/mol. The van der Waals surface area contributed by atoms with Crippen molar-refractivity contribution in [1.29, 1.82) is 0 Å². The van der Waals surface area contributed by atoms with Crippen LogP contribution in [-0.2, 0) is 25.6 Å². The van der Waals surface area contributed by atoms with E-state index in [0.717, 1.165) is 5.56 Å². The van der Waals surface area contributed by atoms with E-state index in [1.807, 2.05) is 71.9 Å². The van der Waals surface area contributed by atoms with Crippen molar-refractivity contribution >= 4 is 23.6 Å². The molecular formula is C23H37N5O4. The Labute approximate surface area is 190 Å². The zero-order chi connectivity index (χ0) is 24.4. The molecule has 32 heavy (non-hydrogen) atoms. The average molecular weight is 448 g/mol. The van der Waals surface area contributed by atoms with Gasteiger partial charge < -0.3 is 26.6 Å². The van der Waals surface area contributed by atoms with Crippen molar-refractivity contribution in [3.63, 3.8) is 0 Å². The van der Waals surface area contributed by atoms with Crippen LogP contribution in [0.3, 0.4) is 0 Å². The van der Waals surface area contributed by atoms with Gasteiger partial charge in [0.25, 0.3) is 0 Å². The fourth-order valence-electron chi connectivity index (χ4n) is 2.64. The van der Waals surface area contributed by atoms with Crippen molar-refractivity contribution in [2.75, 3.05) is 19.6 Å². The van der Waals surface area contributed by atoms with Gasteiger partial charge in [-0.05, 0) is 47.1 Å². The molecule has 0 saturated carbocycles. The summed E-state index contributed by atoms with van der Waals surface area (Å²) in [7, 11) is 0. The van der Waals surface area contributed by atoms with Crippen LogP contribution in [0, 0.1) is 0 Å². The Hall–Kier alpha value is -2.94. The second-order valence-electron chi connectivity index (χ2n) is 9.71. The Morgan fingerprint density at radius 1 is 0.750 bits per heavy atom. The van der Waals surface area contributed by atoms with Crippen LogP contribution in [0.25, 0.3) is 0 Å². The molecule has 0 aromatic heterocycles. The van der Waals surface area contributed by atoms with Crippen LogP contribution in [0.2, 0.25) is 0 Å². The van der Waals surface area contributed by atoms with E-state index in [9.17, 15) is 19.2 Å². The van der Waals surface area contributed by atoms with E-state index in [4.69, 9.17) is 0 Å². The Morgan fingerprint density at radius 3 is 1.91 bits per heavy atom. The molecule has 0 aliphatic rings. The summed E-state index contributed by atoms with van der Waals surface area (Å²) in [5, 5.41) is 13.5. The molecule has 0 spiro atoms. The summed E-state index contributed by atoms with van der Waals surface area (Å²) in [5.41, 5.74) is 0.211. The maximum atomic E-state index is 12.7. The third-order valence-electron chi connectivity index (χ3n) is 4.10. The normalized spacial score (nSPS) is 12.4. The van der Waals surface area contributed by atoms with E-state index < -0.39 is 23.4 Å². The van der Waals surface area contributed by atoms with Gasteiger partial charge in [-0.3, -0.25) is 19.2 Å². The summed E-state index contributed by atoms with van der Waals surface area (Å²) in [6.45, 7) is 10.9. The number of hydrogen-bond acceptors (Lipinski definition) is 5. The third kappa shape index (κ3) is 12.7. The summed E-state index contributed by atoms with van der Waals surface area (Å²) in [6, 6.07) is 8.33. The fraction of sp³-hybridized carbons (Fsp3) is 0.565. The summed E-state index contributed by atoms with van der Waals surface area (Å²) in [5.74, 6) is -1.62. The summed E-state index contributed by atoms with van der Waals surface area (Å²) >= 11 is 0. The largest absolute Gasteiger partial charge is 0.350 e. The number of hydrogen-bond donors (Lipinski definition) is 5. The van der Waals surface area contributed by atoms with Gasteiger partial charge in [-0.15, -0.1) is 0 Å². The van der Waals surface area contributed by atoms with Crippen molar-refractivity contribution in [2.45, 2.75) is 65.1 Å². The zero-order valence-electron chi connectivity index (χ0n) is 19.9. The maximum Gasteiger partial charge on any atom is 0.243 e. The standard InChI is InChI=1S/C23H37N5O4/c1-22(2,3)26-15-18(29)24-13-19(30)27-17(12-16-10-8-7-9-11-16)21(32)25-14-20(31)28-23(4,5)6/h7-11,17,26H,12-15H2,1-6H3,(H,24,29)(H,25,32)(H,27,30)(H,28,31)/t17-/m0/s1. The van der Waals surface area contributed by atoms with Gasteiger partial charge in [0.2, 0.25) is 23.6 Å². The third-order valence-corrected chi connectivity index (χ3v) is 4.10. The molecular weight excluding hydrogens is 410 g/mol. The molecule has 9 nitrogen and oxygen atoms in total. The molecule has 1 rings (SSSR count). The lowest BCUT2D eigenvalue weighted by molar-refractivity contribution is -0.131. The van der Waals surface area contributed by atoms with Crippen LogP contribution in [-0.4, -0.2) is 60.4 Å². The van der Waals surface area contributed by atoms with Crippen molar-refractivity contribution in [1.82, 2.24) is 26.6 Å². The number of benzene rings is 1. The topological polar surface area (TPSA) is 128 Å². The van der Waals surface area contributed by atoms with Crippen molar-refractivity contribution < 1.29 is 19.2 Å². The molecule has 9 heteroatoms. The monoisotopic (exact) mass is 447 g/mol. The first kappa shape index (κ1) is 27.1. The van der Waals surface area contributed by atoms with Crippen LogP contribution >= 0.6 is 0 Å². The lowest BCUT2D eigenvalue weighted by Crippen LogP contribution is -2.53. The van der Waals surface area contributed by atoms with E-state index in [1.165, 1.54) is 0 Å². The molecule has 0 radical (unpaired) electrons. The highest BCUT2D eigenvalue weighted by Crippen LogP contribution is 2.04. The highest BCUT2D eigenvalue weighted by atomic mass is 16.2. The minimum atomic E-state index is -0.892. The van der Waals surface area contributed by atoms with E-state index in [1.54, 1.807) is 0 Å². The van der Waals surface area contributed by atoms with Gasteiger partial charge >= 0.3 is 0 Å². The molecule has 0 saturated heterocycles. The highest BCUT2D eigenvalue weighted by Gasteiger charge is 2.23. The molecule has 0 bridgehead atoms. The summed E-state index contributed by atoms with van der Waals surface area (Å²) in [6.07, 6.45) is 0.249. The molecule has 178 valence electrons. The van der Waals surface area contributed by atoms with Crippen molar-refractivity contribution in [3.05, 3.63) is 35.9 Å². The van der Waals surface area contributed by atoms with Crippen LogP contribution in [0.4, 0.5) is 0 Å². The van der Waals surface area contributed by atoms with Crippen LogP contribution in [0.15, 0.2) is 30.3 Å². The number of carbonyl (C=O) groups excluding carboxylic acids is 4. The van der Waals surface area contributed by atoms with Gasteiger partial charge in [0.1, 0.15) is 6.04 Å². The number of nitrogens with one attached hydrogen (secondary N) is 5. The smallest absolute Gasteiger partial charge is 0.243 e. The quantitative estimate of drug-likeness (QED) is 0.351. The molecule has 0 heterocycles. The van der Waals surface area contributed by atoms with E-state index in [-0.39, 0.29) is 43.4 Å². The molecule has 4 amide bonds. The summed E-state index contributed by atoms with van der Waals surface area (Å²) in [4.78, 5) is 49.0. The number of rotatable bonds is 10. The van der Waals surface area contributed by atoms with Crippen molar-refractivity contribution in [3.8, 4) is 0 Å². The lowest BCUT2D eigenvalue weighted by Gasteiger charge is -2.22. The van der Waals surface area contributed by atoms with Crippen molar-refractivity contribution in [2.24, 2.45) is 0 Å². The molecule has 5 N–H and O–H groups in total. The van der Waals surface area contributed by atoms with Gasteiger partial charge in [-0.25, -0.2) is 0 Å². The highest BCUT2D eigenvalue weighted by molar-refractivity contribution is 5.92. The maximum absolute atomic E-state index is 12.7. The summed E-state index contributed by atoms with van der Waals surface area (Å²) < 4.78 is 0. The van der Waals surface area contributed by atoms with Gasteiger partial charge in [0.15, 0.2) is 0 Å². The molecule has 0 unspecified atom stereocenters. The molecule has 0 aliphatic carbocycles. The first-order valence-corrected chi connectivity index (χ1v) is 10.7. The number of amides is 4. The lowest BCUT2D eigenvalue weighted by atomic mass is 10.1. The Kier molecular flexibility index (Phi) is 10.3. The van der Waals surface area contributed by atoms with Gasteiger partial charge in [0, 0.05) is 17.5 Å². The Morgan fingerprint density at radius 2 is 1.34 bits per heavy atom. The predicted octanol–water partition coefficient (Wildman–Crippen LogP) is 0.249. The number of carbonyl (C=O) groups is 4. The van der Waals surface area contributed by atoms with Gasteiger partial charge in [-0.2, -0.15) is 0 Å². The molecule has 1 atom stereocenters. The average Bonchev–Trinajstić information content (AvgIpc) is 2.67. The van der Waals surface area contributed by atoms with Gasteiger partial charge in [0.05, 0.1) is 19.6 Å². The van der Waals surface area contributed by atoms with E-state index >= 15 is 0 Å². The second kappa shape index (κ2) is 12.2. The minimum absolute atomic E-state index is 0.0770. The molecule has 1 aromatic carbocycles. The zero-order valence-corrected chi connectivity index (χ0v) is 19.9. The van der Waals surface area contributed by atoms with Gasteiger partial charge in [-0.1, -0.05) is 30.3 Å². The fourth-order valence-corrected chi connectivity index (χ4v) is 2.64. The molecule has 0 aliphatic heterocycles. The second-order valence-corrected chi connectivity index (χ2v) is 9.71. The first-order chi connectivity index (χ1) is 14.7. The Balaban J connectivity index is 2.67. The minimum Gasteiger partial charge on any atom is -0.350 e.